The van der Waals surface area contributed by atoms with Gasteiger partial charge in [-0.3, -0.25) is 0 Å². The van der Waals surface area contributed by atoms with Gasteiger partial charge in [0.05, 0.1) is 7.11 Å². The SMILES string of the molecule is COc1cc(NCCc2ncon2)nc(N)n1. The molecule has 0 aliphatic heterocycles. The zero-order valence-corrected chi connectivity index (χ0v) is 9.25. The summed E-state index contributed by atoms with van der Waals surface area (Å²) in [4.78, 5) is 11.8. The number of hydrogen-bond donors (Lipinski definition) is 2. The van der Waals surface area contributed by atoms with Crippen LogP contribution in [0.15, 0.2) is 17.0 Å². The normalized spacial score (nSPS) is 10.2. The zero-order valence-electron chi connectivity index (χ0n) is 9.25. The minimum atomic E-state index is 0.159. The Morgan fingerprint density at radius 3 is 3.06 bits per heavy atom. The molecule has 17 heavy (non-hydrogen) atoms. The topological polar surface area (TPSA) is 112 Å². The van der Waals surface area contributed by atoms with Crippen molar-refractivity contribution >= 4 is 11.8 Å². The zero-order chi connectivity index (χ0) is 12.1. The smallest absolute Gasteiger partial charge is 0.225 e. The number of ether oxygens (including phenoxy) is 1. The molecule has 2 aromatic rings. The summed E-state index contributed by atoms with van der Waals surface area (Å²) in [6.07, 6.45) is 1.92. The molecule has 8 nitrogen and oxygen atoms in total. The van der Waals surface area contributed by atoms with E-state index in [0.29, 0.717) is 30.5 Å². The van der Waals surface area contributed by atoms with E-state index in [2.05, 4.69) is 29.9 Å². The first-order valence-corrected chi connectivity index (χ1v) is 4.95. The van der Waals surface area contributed by atoms with Crippen molar-refractivity contribution in [3.8, 4) is 5.88 Å². The summed E-state index contributed by atoms with van der Waals surface area (Å²) in [6.45, 7) is 0.610. The van der Waals surface area contributed by atoms with Crippen molar-refractivity contribution in [3.63, 3.8) is 0 Å². The van der Waals surface area contributed by atoms with Gasteiger partial charge in [-0.05, 0) is 0 Å². The monoisotopic (exact) mass is 236 g/mol. The maximum Gasteiger partial charge on any atom is 0.225 e. The summed E-state index contributed by atoms with van der Waals surface area (Å²) in [7, 11) is 1.52. The average Bonchev–Trinajstić information content (AvgIpc) is 2.81. The second-order valence-electron chi connectivity index (χ2n) is 3.18. The van der Waals surface area contributed by atoms with Gasteiger partial charge in [0, 0.05) is 19.0 Å². The number of nitrogens with one attached hydrogen (secondary N) is 1. The maximum absolute atomic E-state index is 5.52. The van der Waals surface area contributed by atoms with Crippen LogP contribution in [-0.2, 0) is 6.42 Å². The molecule has 2 heterocycles. The van der Waals surface area contributed by atoms with Crippen LogP contribution in [0.25, 0.3) is 0 Å². The van der Waals surface area contributed by atoms with E-state index in [1.165, 1.54) is 13.5 Å². The third-order valence-electron chi connectivity index (χ3n) is 1.99. The Morgan fingerprint density at radius 2 is 2.35 bits per heavy atom. The van der Waals surface area contributed by atoms with Crippen molar-refractivity contribution in [2.24, 2.45) is 0 Å². The van der Waals surface area contributed by atoms with Gasteiger partial charge in [-0.2, -0.15) is 15.0 Å². The molecule has 0 saturated heterocycles. The summed E-state index contributed by atoms with van der Waals surface area (Å²) >= 11 is 0. The van der Waals surface area contributed by atoms with Crippen LogP contribution in [0.4, 0.5) is 11.8 Å². The van der Waals surface area contributed by atoms with Crippen LogP contribution in [0, 0.1) is 0 Å². The summed E-state index contributed by atoms with van der Waals surface area (Å²) in [5.41, 5.74) is 5.52. The van der Waals surface area contributed by atoms with Crippen molar-refractivity contribution in [2.45, 2.75) is 6.42 Å². The summed E-state index contributed by atoms with van der Waals surface area (Å²) in [5, 5.41) is 6.76. The maximum atomic E-state index is 5.52. The molecule has 3 N–H and O–H groups in total. The first kappa shape index (κ1) is 11.1. The molecule has 0 atom stereocenters. The molecule has 0 aromatic carbocycles. The van der Waals surface area contributed by atoms with Crippen LogP contribution >= 0.6 is 0 Å². The number of anilines is 2. The first-order chi connectivity index (χ1) is 8.28. The highest BCUT2D eigenvalue weighted by Gasteiger charge is 2.03. The summed E-state index contributed by atoms with van der Waals surface area (Å²) in [5.74, 6) is 1.80. The molecule has 2 rings (SSSR count). The quantitative estimate of drug-likeness (QED) is 0.751. The highest BCUT2D eigenvalue weighted by molar-refractivity contribution is 5.42. The Hall–Kier alpha value is -2.38. The second kappa shape index (κ2) is 5.10. The summed E-state index contributed by atoms with van der Waals surface area (Å²) < 4.78 is 9.60. The molecule has 0 radical (unpaired) electrons. The molecule has 0 saturated carbocycles. The molecule has 0 aliphatic rings. The van der Waals surface area contributed by atoms with Gasteiger partial charge in [0.1, 0.15) is 5.82 Å². The van der Waals surface area contributed by atoms with Crippen LogP contribution in [0.2, 0.25) is 0 Å². The van der Waals surface area contributed by atoms with Crippen LogP contribution in [0.5, 0.6) is 5.88 Å². The highest BCUT2D eigenvalue weighted by Crippen LogP contribution is 2.13. The van der Waals surface area contributed by atoms with E-state index in [1.54, 1.807) is 6.07 Å². The number of nitrogens with zero attached hydrogens (tertiary/aromatic N) is 4. The number of hydrogen-bond acceptors (Lipinski definition) is 8. The van der Waals surface area contributed by atoms with Gasteiger partial charge in [-0.25, -0.2) is 0 Å². The van der Waals surface area contributed by atoms with Gasteiger partial charge in [0.15, 0.2) is 5.82 Å². The molecule has 0 bridgehead atoms. The number of nitrogens with two attached hydrogens (primary N) is 1. The average molecular weight is 236 g/mol. The molecule has 0 amide bonds. The van der Waals surface area contributed by atoms with Gasteiger partial charge < -0.3 is 20.3 Å². The Morgan fingerprint density at radius 1 is 1.47 bits per heavy atom. The van der Waals surface area contributed by atoms with Crippen LogP contribution in [0.3, 0.4) is 0 Å². The molecule has 90 valence electrons. The van der Waals surface area contributed by atoms with Crippen LogP contribution in [-0.4, -0.2) is 33.8 Å². The van der Waals surface area contributed by atoms with Crippen LogP contribution < -0.4 is 15.8 Å². The van der Waals surface area contributed by atoms with Gasteiger partial charge >= 0.3 is 0 Å². The fourth-order valence-corrected chi connectivity index (χ4v) is 1.24. The summed E-state index contributed by atoms with van der Waals surface area (Å²) in [6, 6.07) is 1.66. The molecular weight excluding hydrogens is 224 g/mol. The van der Waals surface area contributed by atoms with Crippen molar-refractivity contribution in [3.05, 3.63) is 18.3 Å². The largest absolute Gasteiger partial charge is 0.481 e. The lowest BCUT2D eigenvalue weighted by molar-refractivity contribution is 0.398. The number of nitrogen functional groups attached to an aromatic ring is 1. The highest BCUT2D eigenvalue weighted by atomic mass is 16.5. The number of rotatable bonds is 5. The number of methoxy groups -OCH3 is 1. The Labute approximate surface area is 97.2 Å². The Bertz CT molecular complexity index is 472. The predicted molar refractivity (Wildman–Crippen MR) is 59.5 cm³/mol. The van der Waals surface area contributed by atoms with E-state index >= 15 is 0 Å². The van der Waals surface area contributed by atoms with Crippen molar-refractivity contribution in [1.29, 1.82) is 0 Å². The minimum Gasteiger partial charge on any atom is -0.481 e. The first-order valence-electron chi connectivity index (χ1n) is 4.95. The van der Waals surface area contributed by atoms with Gasteiger partial charge in [0.2, 0.25) is 18.2 Å². The lowest BCUT2D eigenvalue weighted by atomic mass is 10.4. The van der Waals surface area contributed by atoms with E-state index in [1.807, 2.05) is 0 Å². The van der Waals surface area contributed by atoms with Crippen molar-refractivity contribution in [2.75, 3.05) is 24.7 Å². The minimum absolute atomic E-state index is 0.159. The molecule has 0 aliphatic carbocycles. The van der Waals surface area contributed by atoms with Gasteiger partial charge in [-0.1, -0.05) is 5.16 Å². The second-order valence-corrected chi connectivity index (χ2v) is 3.18. The van der Waals surface area contributed by atoms with Gasteiger partial charge in [0.25, 0.3) is 0 Å². The van der Waals surface area contributed by atoms with Gasteiger partial charge in [-0.15, -0.1) is 0 Å². The lowest BCUT2D eigenvalue weighted by Gasteiger charge is -2.06. The lowest BCUT2D eigenvalue weighted by Crippen LogP contribution is -2.09. The van der Waals surface area contributed by atoms with Crippen molar-refractivity contribution < 1.29 is 9.26 Å². The molecule has 2 aromatic heterocycles. The molecule has 8 heteroatoms. The predicted octanol–water partition coefficient (Wildman–Crippen LogP) is 0.105. The molecular formula is C9H12N6O2. The molecule has 0 unspecified atom stereocenters. The Kier molecular flexibility index (Phi) is 3.34. The van der Waals surface area contributed by atoms with E-state index in [0.717, 1.165) is 0 Å². The Balaban J connectivity index is 1.92. The number of aromatic nitrogens is 4. The van der Waals surface area contributed by atoms with E-state index < -0.39 is 0 Å². The van der Waals surface area contributed by atoms with E-state index in [4.69, 9.17) is 10.5 Å². The van der Waals surface area contributed by atoms with E-state index in [9.17, 15) is 0 Å². The molecule has 0 fully saturated rings. The third kappa shape index (κ3) is 3.03. The standard InChI is InChI=1S/C9H12N6O2/c1-16-8-4-7(13-9(10)14-8)11-3-2-6-12-5-17-15-6/h4-5H,2-3H2,1H3,(H3,10,11,13,14). The molecule has 0 spiro atoms. The fourth-order valence-electron chi connectivity index (χ4n) is 1.24. The third-order valence-corrected chi connectivity index (χ3v) is 1.99. The van der Waals surface area contributed by atoms with Crippen LogP contribution in [0.1, 0.15) is 5.82 Å². The van der Waals surface area contributed by atoms with Crippen molar-refractivity contribution in [1.82, 2.24) is 20.1 Å². The van der Waals surface area contributed by atoms with E-state index in [-0.39, 0.29) is 5.95 Å². The fraction of sp³-hybridized carbons (Fsp3) is 0.333.